The normalized spacial score (nSPS) is 11.5. The molecule has 0 aliphatic rings. The van der Waals surface area contributed by atoms with Crippen LogP contribution in [0.5, 0.6) is 0 Å². The minimum absolute atomic E-state index is 0.0606. The van der Waals surface area contributed by atoms with Crippen LogP contribution in [0.15, 0.2) is 60.7 Å². The van der Waals surface area contributed by atoms with E-state index in [1.807, 2.05) is 60.7 Å². The maximum absolute atomic E-state index is 12.2. The molecule has 0 fully saturated rings. The third kappa shape index (κ3) is 7.96. The van der Waals surface area contributed by atoms with Crippen LogP contribution in [0.4, 0.5) is 0 Å². The maximum Gasteiger partial charge on any atom is 0.328 e. The molecule has 0 saturated heterocycles. The Hall–Kier alpha value is -2.60. The predicted octanol–water partition coefficient (Wildman–Crippen LogP) is 3.52. The molecule has 2 aromatic rings. The molecule has 0 unspecified atom stereocenters. The van der Waals surface area contributed by atoms with Crippen LogP contribution >= 0.6 is 11.8 Å². The van der Waals surface area contributed by atoms with Gasteiger partial charge in [0.25, 0.3) is 0 Å². The standard InChI is InChI=1S/C22H25NO4S/c1-27-22(26)19(15-17-9-4-2-5-10-17)23-20(24)13-8-14-21(25)28-16-18-11-6-3-7-12-18/h2-7,9-12,19H,8,13-16H2,1H3,(H,23,24)/t19-/m0/s1. The summed E-state index contributed by atoms with van der Waals surface area (Å²) in [6, 6.07) is 18.5. The molecule has 6 heteroatoms. The molecule has 1 N–H and O–H groups in total. The SMILES string of the molecule is COC(=O)[C@H](Cc1ccccc1)NC(=O)CCCC(=O)SCc1ccccc1. The van der Waals surface area contributed by atoms with E-state index in [4.69, 9.17) is 4.74 Å². The van der Waals surface area contributed by atoms with E-state index in [0.29, 0.717) is 25.0 Å². The zero-order valence-corrected chi connectivity index (χ0v) is 16.7. The highest BCUT2D eigenvalue weighted by Crippen LogP contribution is 2.16. The van der Waals surface area contributed by atoms with Crippen LogP contribution in [-0.2, 0) is 31.3 Å². The molecule has 0 heterocycles. The average Bonchev–Trinajstić information content (AvgIpc) is 2.72. The summed E-state index contributed by atoms with van der Waals surface area (Å²) in [6.45, 7) is 0. The maximum atomic E-state index is 12.2. The van der Waals surface area contributed by atoms with E-state index < -0.39 is 12.0 Å². The smallest absolute Gasteiger partial charge is 0.328 e. The second-order valence-corrected chi connectivity index (χ2v) is 7.37. The Kier molecular flexibility index (Phi) is 9.28. The first-order chi connectivity index (χ1) is 13.6. The summed E-state index contributed by atoms with van der Waals surface area (Å²) in [4.78, 5) is 36.1. The van der Waals surface area contributed by atoms with Gasteiger partial charge in [0.15, 0.2) is 5.12 Å². The first-order valence-electron chi connectivity index (χ1n) is 9.19. The molecule has 2 rings (SSSR count). The minimum atomic E-state index is -0.733. The quantitative estimate of drug-likeness (QED) is 0.619. The monoisotopic (exact) mass is 399 g/mol. The van der Waals surface area contributed by atoms with Crippen LogP contribution in [0.1, 0.15) is 30.4 Å². The average molecular weight is 400 g/mol. The zero-order chi connectivity index (χ0) is 20.2. The molecule has 0 aliphatic heterocycles. The molecule has 0 aliphatic carbocycles. The summed E-state index contributed by atoms with van der Waals surface area (Å²) < 4.78 is 4.79. The number of benzene rings is 2. The highest BCUT2D eigenvalue weighted by molar-refractivity contribution is 8.12. The molecule has 148 valence electrons. The van der Waals surface area contributed by atoms with Gasteiger partial charge in [-0.15, -0.1) is 0 Å². The predicted molar refractivity (Wildman–Crippen MR) is 111 cm³/mol. The highest BCUT2D eigenvalue weighted by atomic mass is 32.2. The van der Waals surface area contributed by atoms with Gasteiger partial charge in [-0.1, -0.05) is 72.4 Å². The molecule has 0 bridgehead atoms. The van der Waals surface area contributed by atoms with Crippen LogP contribution in [0.3, 0.4) is 0 Å². The molecule has 1 amide bonds. The lowest BCUT2D eigenvalue weighted by Crippen LogP contribution is -2.43. The summed E-state index contributed by atoms with van der Waals surface area (Å²) in [7, 11) is 1.30. The minimum Gasteiger partial charge on any atom is -0.467 e. The number of ether oxygens (including phenoxy) is 1. The van der Waals surface area contributed by atoms with Gasteiger partial charge in [0.05, 0.1) is 7.11 Å². The molecular formula is C22H25NO4S. The highest BCUT2D eigenvalue weighted by Gasteiger charge is 2.21. The van der Waals surface area contributed by atoms with Crippen LogP contribution in [0.2, 0.25) is 0 Å². The van der Waals surface area contributed by atoms with Crippen molar-refractivity contribution in [2.45, 2.75) is 37.5 Å². The van der Waals surface area contributed by atoms with Crippen molar-refractivity contribution < 1.29 is 19.1 Å². The van der Waals surface area contributed by atoms with Gasteiger partial charge in [-0.25, -0.2) is 4.79 Å². The summed E-state index contributed by atoms with van der Waals surface area (Å²) in [5, 5.41) is 2.78. The second-order valence-electron chi connectivity index (χ2n) is 6.33. The van der Waals surface area contributed by atoms with Crippen molar-refractivity contribution >= 4 is 28.8 Å². The van der Waals surface area contributed by atoms with Gasteiger partial charge in [0.2, 0.25) is 5.91 Å². The number of esters is 1. The Morgan fingerprint density at radius 2 is 1.54 bits per heavy atom. The van der Waals surface area contributed by atoms with E-state index in [2.05, 4.69) is 5.32 Å². The zero-order valence-electron chi connectivity index (χ0n) is 15.9. The van der Waals surface area contributed by atoms with Crippen LogP contribution in [0, 0.1) is 0 Å². The lowest BCUT2D eigenvalue weighted by molar-refractivity contribution is -0.145. The molecule has 5 nitrogen and oxygen atoms in total. The fourth-order valence-electron chi connectivity index (χ4n) is 2.66. The fraction of sp³-hybridized carbons (Fsp3) is 0.318. The number of rotatable bonds is 10. The number of hydrogen-bond acceptors (Lipinski definition) is 5. The van der Waals surface area contributed by atoms with Crippen LogP contribution in [-0.4, -0.2) is 30.1 Å². The largest absolute Gasteiger partial charge is 0.467 e. The number of thioether (sulfide) groups is 1. The van der Waals surface area contributed by atoms with E-state index in [-0.39, 0.29) is 17.4 Å². The van der Waals surface area contributed by atoms with Gasteiger partial charge in [-0.05, 0) is 17.5 Å². The number of carbonyl (C=O) groups is 3. The molecule has 0 spiro atoms. The fourth-order valence-corrected chi connectivity index (χ4v) is 3.46. The van der Waals surface area contributed by atoms with E-state index in [1.54, 1.807) is 0 Å². The number of amides is 1. The third-order valence-corrected chi connectivity index (χ3v) is 5.13. The summed E-state index contributed by atoms with van der Waals surface area (Å²) in [5.41, 5.74) is 2.03. The van der Waals surface area contributed by atoms with Crippen molar-refractivity contribution in [1.29, 1.82) is 0 Å². The van der Waals surface area contributed by atoms with E-state index >= 15 is 0 Å². The van der Waals surface area contributed by atoms with Crippen LogP contribution < -0.4 is 5.32 Å². The summed E-state index contributed by atoms with van der Waals surface area (Å²) in [5.74, 6) is -0.105. The van der Waals surface area contributed by atoms with Gasteiger partial charge in [0.1, 0.15) is 6.04 Å². The number of methoxy groups -OCH3 is 1. The van der Waals surface area contributed by atoms with E-state index in [9.17, 15) is 14.4 Å². The summed E-state index contributed by atoms with van der Waals surface area (Å²) in [6.07, 6.45) is 1.34. The van der Waals surface area contributed by atoms with Crippen molar-refractivity contribution in [1.82, 2.24) is 5.32 Å². The van der Waals surface area contributed by atoms with Gasteiger partial charge >= 0.3 is 5.97 Å². The van der Waals surface area contributed by atoms with E-state index in [1.165, 1.54) is 18.9 Å². The lowest BCUT2D eigenvalue weighted by atomic mass is 10.1. The molecule has 1 atom stereocenters. The van der Waals surface area contributed by atoms with Crippen molar-refractivity contribution in [3.05, 3.63) is 71.8 Å². The first kappa shape index (κ1) is 21.7. The number of carbonyl (C=O) groups excluding carboxylic acids is 3. The second kappa shape index (κ2) is 12.0. The van der Waals surface area contributed by atoms with Crippen molar-refractivity contribution in [3.8, 4) is 0 Å². The van der Waals surface area contributed by atoms with Crippen molar-refractivity contribution in [2.75, 3.05) is 7.11 Å². The lowest BCUT2D eigenvalue weighted by Gasteiger charge is -2.16. The Labute approximate surface area is 169 Å². The summed E-state index contributed by atoms with van der Waals surface area (Å²) >= 11 is 1.26. The van der Waals surface area contributed by atoms with Crippen molar-refractivity contribution in [2.24, 2.45) is 0 Å². The number of hydrogen-bond donors (Lipinski definition) is 1. The first-order valence-corrected chi connectivity index (χ1v) is 10.2. The van der Waals surface area contributed by atoms with Crippen LogP contribution in [0.25, 0.3) is 0 Å². The molecule has 28 heavy (non-hydrogen) atoms. The van der Waals surface area contributed by atoms with Gasteiger partial charge < -0.3 is 10.1 Å². The van der Waals surface area contributed by atoms with Gasteiger partial charge in [0, 0.05) is 25.0 Å². The van der Waals surface area contributed by atoms with E-state index in [0.717, 1.165) is 11.1 Å². The molecule has 2 aromatic carbocycles. The molecule has 0 saturated carbocycles. The third-order valence-electron chi connectivity index (χ3n) is 4.13. The topological polar surface area (TPSA) is 72.5 Å². The Balaban J connectivity index is 1.72. The van der Waals surface area contributed by atoms with Gasteiger partial charge in [-0.2, -0.15) is 0 Å². The Morgan fingerprint density at radius 1 is 0.929 bits per heavy atom. The molecule has 0 radical (unpaired) electrons. The molecular weight excluding hydrogens is 374 g/mol. The number of nitrogens with one attached hydrogen (secondary N) is 1. The Morgan fingerprint density at radius 3 is 2.14 bits per heavy atom. The van der Waals surface area contributed by atoms with Crippen molar-refractivity contribution in [3.63, 3.8) is 0 Å². The Bertz CT molecular complexity index is 765. The molecule has 0 aromatic heterocycles. The van der Waals surface area contributed by atoms with Gasteiger partial charge in [-0.3, -0.25) is 9.59 Å².